The second-order valence-corrected chi connectivity index (χ2v) is 8.44. The van der Waals surface area contributed by atoms with Gasteiger partial charge in [-0.2, -0.15) is 0 Å². The molecule has 6 nitrogen and oxygen atoms in total. The molecular formula is C26H34N2O4. The fraction of sp³-hybridized carbons (Fsp3) is 0.462. The van der Waals surface area contributed by atoms with Crippen molar-refractivity contribution in [3.8, 4) is 11.5 Å². The molecular weight excluding hydrogens is 404 g/mol. The summed E-state index contributed by atoms with van der Waals surface area (Å²) in [6, 6.07) is 13.4. The highest BCUT2D eigenvalue weighted by atomic mass is 16.7. The van der Waals surface area contributed by atoms with Gasteiger partial charge in [0.1, 0.15) is 6.04 Å². The molecule has 172 valence electrons. The van der Waals surface area contributed by atoms with Gasteiger partial charge in [-0.25, -0.2) is 0 Å². The molecule has 0 fully saturated rings. The van der Waals surface area contributed by atoms with E-state index in [2.05, 4.69) is 5.32 Å². The molecule has 0 aliphatic carbocycles. The number of aryl methyl sites for hydroxylation is 2. The highest BCUT2D eigenvalue weighted by Gasteiger charge is 2.29. The van der Waals surface area contributed by atoms with Gasteiger partial charge in [-0.3, -0.25) is 9.59 Å². The third kappa shape index (κ3) is 6.02. The van der Waals surface area contributed by atoms with E-state index >= 15 is 0 Å². The molecule has 1 N–H and O–H groups in total. The minimum Gasteiger partial charge on any atom is -0.454 e. The SMILES string of the molecule is CC[C@H](C)NC(=O)[C@H](CC)N(Cc1ccc(C)cc1)C(=O)CCc1ccc2c(c1)OCO2. The molecule has 2 atom stereocenters. The quantitative estimate of drug-likeness (QED) is 0.598. The van der Waals surface area contributed by atoms with Gasteiger partial charge in [0.25, 0.3) is 0 Å². The van der Waals surface area contributed by atoms with Gasteiger partial charge in [-0.15, -0.1) is 0 Å². The van der Waals surface area contributed by atoms with Crippen LogP contribution in [0.3, 0.4) is 0 Å². The number of ether oxygens (including phenoxy) is 2. The van der Waals surface area contributed by atoms with Crippen LogP contribution in [0.25, 0.3) is 0 Å². The lowest BCUT2D eigenvalue weighted by Crippen LogP contribution is -2.50. The molecule has 0 radical (unpaired) electrons. The first-order chi connectivity index (χ1) is 15.4. The van der Waals surface area contributed by atoms with Gasteiger partial charge in [0.15, 0.2) is 11.5 Å². The summed E-state index contributed by atoms with van der Waals surface area (Å²) in [7, 11) is 0. The Labute approximate surface area is 190 Å². The Hall–Kier alpha value is -3.02. The number of benzene rings is 2. The fourth-order valence-corrected chi connectivity index (χ4v) is 3.74. The van der Waals surface area contributed by atoms with Crippen LogP contribution in [0.15, 0.2) is 42.5 Å². The summed E-state index contributed by atoms with van der Waals surface area (Å²) in [4.78, 5) is 28.1. The van der Waals surface area contributed by atoms with Gasteiger partial charge in [0.2, 0.25) is 18.6 Å². The number of carbonyl (C=O) groups is 2. The van der Waals surface area contributed by atoms with E-state index in [-0.39, 0.29) is 24.6 Å². The molecule has 1 aliphatic rings. The highest BCUT2D eigenvalue weighted by Crippen LogP contribution is 2.32. The third-order valence-electron chi connectivity index (χ3n) is 5.92. The van der Waals surface area contributed by atoms with E-state index in [1.807, 2.05) is 70.2 Å². The summed E-state index contributed by atoms with van der Waals surface area (Å²) < 4.78 is 10.8. The van der Waals surface area contributed by atoms with Crippen LogP contribution in [0.5, 0.6) is 11.5 Å². The number of hydrogen-bond acceptors (Lipinski definition) is 4. The lowest BCUT2D eigenvalue weighted by Gasteiger charge is -2.31. The molecule has 2 aromatic carbocycles. The van der Waals surface area contributed by atoms with Crippen LogP contribution >= 0.6 is 0 Å². The number of amides is 2. The molecule has 0 spiro atoms. The summed E-state index contributed by atoms with van der Waals surface area (Å²) in [5.74, 6) is 1.32. The highest BCUT2D eigenvalue weighted by molar-refractivity contribution is 5.88. The van der Waals surface area contributed by atoms with Crippen LogP contribution < -0.4 is 14.8 Å². The van der Waals surface area contributed by atoms with Crippen molar-refractivity contribution in [3.05, 3.63) is 59.2 Å². The molecule has 32 heavy (non-hydrogen) atoms. The summed E-state index contributed by atoms with van der Waals surface area (Å²) in [5, 5.41) is 3.05. The van der Waals surface area contributed by atoms with Crippen LogP contribution in [0.1, 0.15) is 56.7 Å². The zero-order valence-corrected chi connectivity index (χ0v) is 19.5. The van der Waals surface area contributed by atoms with Crippen molar-refractivity contribution in [3.63, 3.8) is 0 Å². The summed E-state index contributed by atoms with van der Waals surface area (Å²) in [6.45, 7) is 8.64. The standard InChI is InChI=1S/C26H34N2O4/c1-5-19(4)27-26(30)22(6-2)28(16-21-9-7-18(3)8-10-21)25(29)14-12-20-11-13-23-24(15-20)32-17-31-23/h7-11,13,15,19,22H,5-6,12,14,16-17H2,1-4H3,(H,27,30)/t19-,22-/m0/s1. The Kier molecular flexibility index (Phi) is 8.14. The molecule has 0 saturated carbocycles. The second-order valence-electron chi connectivity index (χ2n) is 8.44. The van der Waals surface area contributed by atoms with Crippen molar-refractivity contribution in [2.24, 2.45) is 0 Å². The first-order valence-corrected chi connectivity index (χ1v) is 11.4. The van der Waals surface area contributed by atoms with Crippen LogP contribution in [0.4, 0.5) is 0 Å². The van der Waals surface area contributed by atoms with Crippen molar-refractivity contribution < 1.29 is 19.1 Å². The largest absolute Gasteiger partial charge is 0.454 e. The lowest BCUT2D eigenvalue weighted by atomic mass is 10.0. The fourth-order valence-electron chi connectivity index (χ4n) is 3.74. The molecule has 1 aliphatic heterocycles. The molecule has 1 heterocycles. The molecule has 2 amide bonds. The summed E-state index contributed by atoms with van der Waals surface area (Å²) in [6.07, 6.45) is 2.30. The molecule has 6 heteroatoms. The van der Waals surface area contributed by atoms with E-state index in [1.165, 1.54) is 0 Å². The zero-order chi connectivity index (χ0) is 23.1. The minimum atomic E-state index is -0.505. The predicted molar refractivity (Wildman–Crippen MR) is 125 cm³/mol. The Bertz CT molecular complexity index is 926. The predicted octanol–water partition coefficient (Wildman–Crippen LogP) is 4.38. The van der Waals surface area contributed by atoms with E-state index in [0.717, 1.165) is 28.9 Å². The van der Waals surface area contributed by atoms with Gasteiger partial charge in [-0.05, 0) is 56.4 Å². The first-order valence-electron chi connectivity index (χ1n) is 11.4. The van der Waals surface area contributed by atoms with Crippen LogP contribution in [-0.2, 0) is 22.6 Å². The van der Waals surface area contributed by atoms with Crippen LogP contribution in [0.2, 0.25) is 0 Å². The monoisotopic (exact) mass is 438 g/mol. The third-order valence-corrected chi connectivity index (χ3v) is 5.92. The van der Waals surface area contributed by atoms with Crippen molar-refractivity contribution in [1.82, 2.24) is 10.2 Å². The normalized spacial score (nSPS) is 14.0. The van der Waals surface area contributed by atoms with Gasteiger partial charge in [0.05, 0.1) is 0 Å². The van der Waals surface area contributed by atoms with Gasteiger partial charge in [-0.1, -0.05) is 49.7 Å². The van der Waals surface area contributed by atoms with E-state index in [1.54, 1.807) is 4.90 Å². The van der Waals surface area contributed by atoms with E-state index < -0.39 is 6.04 Å². The molecule has 0 aromatic heterocycles. The zero-order valence-electron chi connectivity index (χ0n) is 19.5. The number of carbonyl (C=O) groups excluding carboxylic acids is 2. The second kappa shape index (κ2) is 11.0. The number of nitrogens with zero attached hydrogens (tertiary/aromatic N) is 1. The van der Waals surface area contributed by atoms with Gasteiger partial charge < -0.3 is 19.7 Å². The van der Waals surface area contributed by atoms with Crippen molar-refractivity contribution in [2.75, 3.05) is 6.79 Å². The average Bonchev–Trinajstić information content (AvgIpc) is 3.26. The number of rotatable bonds is 10. The lowest BCUT2D eigenvalue weighted by molar-refractivity contribution is -0.141. The molecule has 0 unspecified atom stereocenters. The topological polar surface area (TPSA) is 67.9 Å². The maximum atomic E-state index is 13.4. The van der Waals surface area contributed by atoms with Crippen LogP contribution in [0, 0.1) is 6.92 Å². The number of nitrogens with one attached hydrogen (secondary N) is 1. The molecule has 3 rings (SSSR count). The number of hydrogen-bond donors (Lipinski definition) is 1. The van der Waals surface area contributed by atoms with Gasteiger partial charge in [0, 0.05) is 19.0 Å². The van der Waals surface area contributed by atoms with Crippen molar-refractivity contribution in [1.29, 1.82) is 0 Å². The first kappa shape index (κ1) is 23.6. The smallest absolute Gasteiger partial charge is 0.243 e. The minimum absolute atomic E-state index is 0.0330. The Morgan fingerprint density at radius 1 is 1.00 bits per heavy atom. The average molecular weight is 439 g/mol. The Balaban J connectivity index is 1.75. The molecule has 0 bridgehead atoms. The van der Waals surface area contributed by atoms with Crippen LogP contribution in [-0.4, -0.2) is 35.6 Å². The maximum absolute atomic E-state index is 13.4. The van der Waals surface area contributed by atoms with Crippen molar-refractivity contribution >= 4 is 11.8 Å². The summed E-state index contributed by atoms with van der Waals surface area (Å²) in [5.41, 5.74) is 3.19. The van der Waals surface area contributed by atoms with E-state index in [4.69, 9.17) is 9.47 Å². The maximum Gasteiger partial charge on any atom is 0.243 e. The van der Waals surface area contributed by atoms with E-state index in [9.17, 15) is 9.59 Å². The van der Waals surface area contributed by atoms with Gasteiger partial charge >= 0.3 is 0 Å². The number of fused-ring (bicyclic) bond motifs is 1. The van der Waals surface area contributed by atoms with E-state index in [0.29, 0.717) is 31.6 Å². The molecule has 2 aromatic rings. The Morgan fingerprint density at radius 3 is 2.38 bits per heavy atom. The molecule has 0 saturated heterocycles. The Morgan fingerprint density at radius 2 is 1.69 bits per heavy atom. The van der Waals surface area contributed by atoms with Crippen molar-refractivity contribution in [2.45, 2.75) is 72.0 Å². The summed E-state index contributed by atoms with van der Waals surface area (Å²) >= 11 is 0.